The van der Waals surface area contributed by atoms with Crippen LogP contribution in [0.15, 0.2) is 24.3 Å². The third-order valence-corrected chi connectivity index (χ3v) is 7.31. The number of carbonyl (C=O) groups is 3. The minimum atomic E-state index is -0.526. The lowest BCUT2D eigenvalue weighted by molar-refractivity contribution is -0.144. The van der Waals surface area contributed by atoms with Crippen LogP contribution in [-0.4, -0.2) is 86.0 Å². The molecule has 8 heteroatoms. The molecule has 0 radical (unpaired) electrons. The summed E-state index contributed by atoms with van der Waals surface area (Å²) in [6, 6.07) is 8.62. The number of nitrogens with one attached hydrogen (secondary N) is 1. The van der Waals surface area contributed by atoms with E-state index >= 15 is 0 Å². The van der Waals surface area contributed by atoms with Crippen LogP contribution in [-0.2, 0) is 14.3 Å². The molecule has 2 aliphatic heterocycles. The second kappa shape index (κ2) is 11.0. The predicted octanol–water partition coefficient (Wildman–Crippen LogP) is 2.04. The molecule has 1 N–H and O–H groups in total. The number of amides is 2. The van der Waals surface area contributed by atoms with Gasteiger partial charge in [0.2, 0.25) is 5.91 Å². The Bertz CT molecular complexity index is 839. The van der Waals surface area contributed by atoms with Gasteiger partial charge in [-0.1, -0.05) is 25.0 Å². The minimum absolute atomic E-state index is 0.0323. The lowest BCUT2D eigenvalue weighted by atomic mass is 10.0. The van der Waals surface area contributed by atoms with Gasteiger partial charge >= 0.3 is 5.97 Å². The van der Waals surface area contributed by atoms with Crippen molar-refractivity contribution >= 4 is 23.5 Å². The van der Waals surface area contributed by atoms with E-state index in [2.05, 4.69) is 19.9 Å². The van der Waals surface area contributed by atoms with E-state index in [1.165, 1.54) is 32.8 Å². The van der Waals surface area contributed by atoms with Gasteiger partial charge in [0.25, 0.3) is 5.91 Å². The van der Waals surface area contributed by atoms with Gasteiger partial charge in [-0.25, -0.2) is 0 Å². The van der Waals surface area contributed by atoms with Crippen LogP contribution < -0.4 is 10.2 Å². The number of methoxy groups -OCH3 is 1. The Morgan fingerprint density at radius 2 is 1.61 bits per heavy atom. The maximum absolute atomic E-state index is 13.4. The molecule has 0 bridgehead atoms. The summed E-state index contributed by atoms with van der Waals surface area (Å²) < 4.78 is 4.56. The number of esters is 1. The minimum Gasteiger partial charge on any atom is -0.469 e. The zero-order valence-corrected chi connectivity index (χ0v) is 19.6. The normalized spacial score (nSPS) is 20.6. The Kier molecular flexibility index (Phi) is 7.85. The molecule has 2 amide bonds. The smallest absolute Gasteiger partial charge is 0.315 e. The highest BCUT2D eigenvalue weighted by atomic mass is 16.5. The van der Waals surface area contributed by atoms with Crippen molar-refractivity contribution in [2.24, 2.45) is 0 Å². The predicted molar refractivity (Wildman–Crippen MR) is 126 cm³/mol. The van der Waals surface area contributed by atoms with Gasteiger partial charge in [0.1, 0.15) is 6.42 Å². The number of anilines is 1. The molecular weight excluding hydrogens is 420 g/mol. The van der Waals surface area contributed by atoms with Crippen LogP contribution in [0.1, 0.15) is 55.3 Å². The van der Waals surface area contributed by atoms with E-state index in [0.717, 1.165) is 63.4 Å². The number of ether oxygens (including phenoxy) is 1. The molecule has 180 valence electrons. The first kappa shape index (κ1) is 23.5. The third-order valence-electron chi connectivity index (χ3n) is 7.31. The van der Waals surface area contributed by atoms with Gasteiger partial charge in [-0.15, -0.1) is 0 Å². The molecule has 0 spiro atoms. The summed E-state index contributed by atoms with van der Waals surface area (Å²) in [6.07, 6.45) is 6.57. The number of para-hydroxylation sites is 1. The van der Waals surface area contributed by atoms with E-state index in [1.807, 2.05) is 29.2 Å². The first-order chi connectivity index (χ1) is 16.0. The van der Waals surface area contributed by atoms with Crippen molar-refractivity contribution in [3.05, 3.63) is 29.8 Å². The van der Waals surface area contributed by atoms with Crippen molar-refractivity contribution in [3.8, 4) is 0 Å². The van der Waals surface area contributed by atoms with Crippen molar-refractivity contribution < 1.29 is 19.1 Å². The monoisotopic (exact) mass is 456 g/mol. The van der Waals surface area contributed by atoms with Crippen LogP contribution in [0, 0.1) is 0 Å². The standard InChI is InChI=1S/C25H36N4O4/c1-33-24(31)18-23(30)26-19-10-12-28(13-11-19)22-9-5-4-8-21(22)25(32)29-16-14-27(15-17-29)20-6-2-3-7-20/h4-5,8-9,19-20H,2-3,6-7,10-18H2,1H3,(H,26,30). The first-order valence-corrected chi connectivity index (χ1v) is 12.3. The summed E-state index contributed by atoms with van der Waals surface area (Å²) in [7, 11) is 1.28. The summed E-state index contributed by atoms with van der Waals surface area (Å²) in [4.78, 5) is 43.5. The Morgan fingerprint density at radius 3 is 2.27 bits per heavy atom. The highest BCUT2D eigenvalue weighted by molar-refractivity contribution is 6.00. The molecule has 1 saturated carbocycles. The molecule has 0 aromatic heterocycles. The number of piperidine rings is 1. The summed E-state index contributed by atoms with van der Waals surface area (Å²) in [5, 5.41) is 2.93. The van der Waals surface area contributed by atoms with Gasteiger partial charge in [0, 0.05) is 57.0 Å². The van der Waals surface area contributed by atoms with Crippen molar-refractivity contribution in [1.29, 1.82) is 0 Å². The molecule has 33 heavy (non-hydrogen) atoms. The average molecular weight is 457 g/mol. The average Bonchev–Trinajstić information content (AvgIpc) is 3.39. The number of benzene rings is 1. The van der Waals surface area contributed by atoms with Crippen molar-refractivity contribution in [3.63, 3.8) is 0 Å². The maximum atomic E-state index is 13.4. The van der Waals surface area contributed by atoms with Crippen LogP contribution in [0.25, 0.3) is 0 Å². The molecule has 1 aromatic carbocycles. The second-order valence-electron chi connectivity index (χ2n) is 9.37. The van der Waals surface area contributed by atoms with E-state index in [9.17, 15) is 14.4 Å². The number of hydrogen-bond acceptors (Lipinski definition) is 6. The van der Waals surface area contributed by atoms with Gasteiger partial charge < -0.3 is 19.9 Å². The molecule has 0 unspecified atom stereocenters. The van der Waals surface area contributed by atoms with Gasteiger partial charge in [0.15, 0.2) is 0 Å². The van der Waals surface area contributed by atoms with E-state index < -0.39 is 5.97 Å². The number of piperazine rings is 1. The van der Waals surface area contributed by atoms with Crippen molar-refractivity contribution in [2.45, 2.75) is 57.0 Å². The second-order valence-corrected chi connectivity index (χ2v) is 9.37. The van der Waals surface area contributed by atoms with Crippen LogP contribution in [0.2, 0.25) is 0 Å². The molecule has 0 atom stereocenters. The Hall–Kier alpha value is -2.61. The van der Waals surface area contributed by atoms with Gasteiger partial charge in [-0.2, -0.15) is 0 Å². The van der Waals surface area contributed by atoms with Crippen LogP contribution >= 0.6 is 0 Å². The quantitative estimate of drug-likeness (QED) is 0.521. The van der Waals surface area contributed by atoms with Gasteiger partial charge in [-0.05, 0) is 37.8 Å². The molecule has 2 heterocycles. The fraction of sp³-hybridized carbons (Fsp3) is 0.640. The van der Waals surface area contributed by atoms with Crippen molar-refractivity contribution in [2.75, 3.05) is 51.3 Å². The van der Waals surface area contributed by atoms with Gasteiger partial charge in [0.05, 0.1) is 12.7 Å². The number of hydrogen-bond donors (Lipinski definition) is 1. The van der Waals surface area contributed by atoms with E-state index in [-0.39, 0.29) is 24.3 Å². The largest absolute Gasteiger partial charge is 0.469 e. The van der Waals surface area contributed by atoms with Crippen LogP contribution in [0.3, 0.4) is 0 Å². The summed E-state index contributed by atoms with van der Waals surface area (Å²) in [5.41, 5.74) is 1.74. The summed E-state index contributed by atoms with van der Waals surface area (Å²) in [6.45, 7) is 5.02. The van der Waals surface area contributed by atoms with E-state index in [0.29, 0.717) is 6.04 Å². The fourth-order valence-corrected chi connectivity index (χ4v) is 5.41. The highest BCUT2D eigenvalue weighted by Gasteiger charge is 2.30. The Morgan fingerprint density at radius 1 is 0.939 bits per heavy atom. The van der Waals surface area contributed by atoms with Gasteiger partial charge in [-0.3, -0.25) is 19.3 Å². The zero-order chi connectivity index (χ0) is 23.2. The molecule has 1 aliphatic carbocycles. The first-order valence-electron chi connectivity index (χ1n) is 12.3. The molecule has 3 fully saturated rings. The molecule has 4 rings (SSSR count). The molecule has 2 saturated heterocycles. The zero-order valence-electron chi connectivity index (χ0n) is 19.6. The number of carbonyl (C=O) groups excluding carboxylic acids is 3. The maximum Gasteiger partial charge on any atom is 0.315 e. The number of rotatable bonds is 6. The fourth-order valence-electron chi connectivity index (χ4n) is 5.41. The molecule has 1 aromatic rings. The third kappa shape index (κ3) is 5.85. The Balaban J connectivity index is 1.32. The molecule has 8 nitrogen and oxygen atoms in total. The summed E-state index contributed by atoms with van der Waals surface area (Å²) >= 11 is 0. The van der Waals surface area contributed by atoms with E-state index in [1.54, 1.807) is 0 Å². The van der Waals surface area contributed by atoms with Crippen LogP contribution in [0.4, 0.5) is 5.69 Å². The Labute approximate surface area is 196 Å². The van der Waals surface area contributed by atoms with Crippen molar-refractivity contribution in [1.82, 2.24) is 15.1 Å². The SMILES string of the molecule is COC(=O)CC(=O)NC1CCN(c2ccccc2C(=O)N2CCN(C3CCCC3)CC2)CC1. The lowest BCUT2D eigenvalue weighted by Gasteiger charge is -2.39. The summed E-state index contributed by atoms with van der Waals surface area (Å²) in [5.74, 6) is -0.709. The number of nitrogens with zero attached hydrogens (tertiary/aromatic N) is 3. The van der Waals surface area contributed by atoms with E-state index in [4.69, 9.17) is 0 Å². The lowest BCUT2D eigenvalue weighted by Crippen LogP contribution is -2.51. The van der Waals surface area contributed by atoms with Crippen LogP contribution in [0.5, 0.6) is 0 Å². The molecule has 3 aliphatic rings. The topological polar surface area (TPSA) is 82.2 Å². The highest BCUT2D eigenvalue weighted by Crippen LogP contribution is 2.27. The molecular formula is C25H36N4O4.